The van der Waals surface area contributed by atoms with Crippen LogP contribution in [-0.2, 0) is 6.54 Å². The molecule has 3 heterocycles. The van der Waals surface area contributed by atoms with E-state index >= 15 is 0 Å². The van der Waals surface area contributed by atoms with Crippen LogP contribution in [0.15, 0.2) is 30.3 Å². The Morgan fingerprint density at radius 2 is 2.14 bits per heavy atom. The average Bonchev–Trinajstić information content (AvgIpc) is 3.03. The molecule has 0 aliphatic carbocycles. The third-order valence-electron chi connectivity index (χ3n) is 5.36. The number of hydrogen-bond donors (Lipinski definition) is 1. The Morgan fingerprint density at radius 1 is 1.29 bits per heavy atom. The molecule has 2 aliphatic rings. The maximum atomic E-state index is 4.66. The van der Waals surface area contributed by atoms with Gasteiger partial charge in [-0.2, -0.15) is 0 Å². The summed E-state index contributed by atoms with van der Waals surface area (Å²) in [5, 5.41) is 4.85. The number of hydrogen-bond acceptors (Lipinski definition) is 3. The maximum absolute atomic E-state index is 4.66. The SMILES string of the molecule is Cc1cc(CN2CC3CNCC3C2C)c2ccccc2n1. The van der Waals surface area contributed by atoms with Gasteiger partial charge in [0.1, 0.15) is 0 Å². The Kier molecular flexibility index (Phi) is 3.20. The van der Waals surface area contributed by atoms with Gasteiger partial charge in [-0.15, -0.1) is 0 Å². The van der Waals surface area contributed by atoms with Crippen molar-refractivity contribution >= 4 is 10.9 Å². The van der Waals surface area contributed by atoms with Gasteiger partial charge in [0.05, 0.1) is 5.52 Å². The molecule has 2 saturated heterocycles. The summed E-state index contributed by atoms with van der Waals surface area (Å²) in [4.78, 5) is 7.32. The molecule has 2 aliphatic heterocycles. The van der Waals surface area contributed by atoms with Gasteiger partial charge in [-0.25, -0.2) is 0 Å². The first-order valence-corrected chi connectivity index (χ1v) is 8.02. The van der Waals surface area contributed by atoms with Crippen molar-refractivity contribution in [3.8, 4) is 0 Å². The van der Waals surface area contributed by atoms with Gasteiger partial charge in [-0.3, -0.25) is 9.88 Å². The quantitative estimate of drug-likeness (QED) is 0.917. The van der Waals surface area contributed by atoms with Gasteiger partial charge < -0.3 is 5.32 Å². The lowest BCUT2D eigenvalue weighted by atomic mass is 9.95. The lowest BCUT2D eigenvalue weighted by molar-refractivity contribution is 0.232. The Bertz CT molecular complexity index is 667. The fourth-order valence-corrected chi connectivity index (χ4v) is 4.21. The zero-order valence-corrected chi connectivity index (χ0v) is 12.8. The van der Waals surface area contributed by atoms with Gasteiger partial charge in [0.15, 0.2) is 0 Å². The van der Waals surface area contributed by atoms with Crippen LogP contribution in [-0.4, -0.2) is 35.6 Å². The van der Waals surface area contributed by atoms with Crippen molar-refractivity contribution in [1.82, 2.24) is 15.2 Å². The van der Waals surface area contributed by atoms with E-state index in [4.69, 9.17) is 0 Å². The zero-order chi connectivity index (χ0) is 14.4. The summed E-state index contributed by atoms with van der Waals surface area (Å²) < 4.78 is 0. The highest BCUT2D eigenvalue weighted by Crippen LogP contribution is 2.34. The number of pyridine rings is 1. The number of fused-ring (bicyclic) bond motifs is 2. The third kappa shape index (κ3) is 2.25. The minimum atomic E-state index is 0.678. The van der Waals surface area contributed by atoms with Crippen LogP contribution in [0, 0.1) is 18.8 Å². The van der Waals surface area contributed by atoms with Gasteiger partial charge in [-0.05, 0) is 56.5 Å². The van der Waals surface area contributed by atoms with Crippen LogP contribution < -0.4 is 5.32 Å². The lowest BCUT2D eigenvalue weighted by Gasteiger charge is -2.25. The maximum Gasteiger partial charge on any atom is 0.0708 e. The van der Waals surface area contributed by atoms with Crippen molar-refractivity contribution in [3.05, 3.63) is 41.6 Å². The minimum absolute atomic E-state index is 0.678. The van der Waals surface area contributed by atoms with Crippen molar-refractivity contribution in [2.75, 3.05) is 19.6 Å². The summed E-state index contributed by atoms with van der Waals surface area (Å²) >= 11 is 0. The number of aryl methyl sites for hydroxylation is 1. The van der Waals surface area contributed by atoms with Gasteiger partial charge in [0.25, 0.3) is 0 Å². The molecule has 3 heteroatoms. The highest BCUT2D eigenvalue weighted by atomic mass is 15.2. The van der Waals surface area contributed by atoms with E-state index in [1.165, 1.54) is 30.6 Å². The summed E-state index contributed by atoms with van der Waals surface area (Å²) in [6, 6.07) is 11.5. The molecular weight excluding hydrogens is 258 g/mol. The van der Waals surface area contributed by atoms with Crippen LogP contribution in [0.4, 0.5) is 0 Å². The first kappa shape index (κ1) is 13.2. The van der Waals surface area contributed by atoms with E-state index in [0.717, 1.165) is 29.6 Å². The van der Waals surface area contributed by atoms with Crippen molar-refractivity contribution < 1.29 is 0 Å². The first-order chi connectivity index (χ1) is 10.2. The second-order valence-corrected chi connectivity index (χ2v) is 6.69. The van der Waals surface area contributed by atoms with E-state index in [1.807, 2.05) is 0 Å². The highest BCUT2D eigenvalue weighted by Gasteiger charge is 2.41. The predicted molar refractivity (Wildman–Crippen MR) is 86.2 cm³/mol. The van der Waals surface area contributed by atoms with E-state index in [-0.39, 0.29) is 0 Å². The summed E-state index contributed by atoms with van der Waals surface area (Å²) in [5.41, 5.74) is 3.68. The molecule has 110 valence electrons. The fraction of sp³-hybridized carbons (Fsp3) is 0.500. The average molecular weight is 281 g/mol. The molecule has 0 spiro atoms. The van der Waals surface area contributed by atoms with E-state index in [9.17, 15) is 0 Å². The molecule has 21 heavy (non-hydrogen) atoms. The molecule has 2 fully saturated rings. The molecule has 3 atom stereocenters. The van der Waals surface area contributed by atoms with Gasteiger partial charge >= 0.3 is 0 Å². The summed E-state index contributed by atoms with van der Waals surface area (Å²) in [6.07, 6.45) is 0. The number of aromatic nitrogens is 1. The Balaban J connectivity index is 1.66. The third-order valence-corrected chi connectivity index (χ3v) is 5.36. The number of nitrogens with zero attached hydrogens (tertiary/aromatic N) is 2. The van der Waals surface area contributed by atoms with Gasteiger partial charge in [0.2, 0.25) is 0 Å². The Hall–Kier alpha value is -1.45. The molecule has 1 aromatic carbocycles. The molecular formula is C18H23N3. The molecule has 3 unspecified atom stereocenters. The van der Waals surface area contributed by atoms with Crippen LogP contribution in [0.1, 0.15) is 18.2 Å². The Morgan fingerprint density at radius 3 is 3.00 bits per heavy atom. The van der Waals surface area contributed by atoms with E-state index in [0.29, 0.717) is 6.04 Å². The Labute approximate surface area is 126 Å². The number of nitrogens with one attached hydrogen (secondary N) is 1. The van der Waals surface area contributed by atoms with Crippen LogP contribution in [0.3, 0.4) is 0 Å². The molecule has 3 nitrogen and oxygen atoms in total. The van der Waals surface area contributed by atoms with Crippen molar-refractivity contribution in [2.45, 2.75) is 26.4 Å². The second-order valence-electron chi connectivity index (χ2n) is 6.69. The predicted octanol–water partition coefficient (Wildman–Crippen LogP) is 2.58. The summed E-state index contributed by atoms with van der Waals surface area (Å²) in [5.74, 6) is 1.67. The lowest BCUT2D eigenvalue weighted by Crippen LogP contribution is -2.32. The standard InChI is InChI=1S/C18H23N3/c1-12-7-14(16-5-3-4-6-18(16)20-12)10-21-11-15-8-19-9-17(15)13(21)2/h3-7,13,15,17,19H,8-11H2,1-2H3. The summed E-state index contributed by atoms with van der Waals surface area (Å²) in [7, 11) is 0. The van der Waals surface area contributed by atoms with Crippen LogP contribution in [0.2, 0.25) is 0 Å². The molecule has 4 rings (SSSR count). The van der Waals surface area contributed by atoms with Crippen molar-refractivity contribution in [2.24, 2.45) is 11.8 Å². The number of likely N-dealkylation sites (tertiary alicyclic amines) is 1. The summed E-state index contributed by atoms with van der Waals surface area (Å²) in [6.45, 7) is 9.17. The van der Waals surface area contributed by atoms with Gasteiger partial charge in [0, 0.05) is 30.2 Å². The molecule has 0 amide bonds. The monoisotopic (exact) mass is 281 g/mol. The fourth-order valence-electron chi connectivity index (χ4n) is 4.21. The van der Waals surface area contributed by atoms with Crippen molar-refractivity contribution in [1.29, 1.82) is 0 Å². The largest absolute Gasteiger partial charge is 0.316 e. The molecule has 0 radical (unpaired) electrons. The zero-order valence-electron chi connectivity index (χ0n) is 12.8. The first-order valence-electron chi connectivity index (χ1n) is 8.02. The number of rotatable bonds is 2. The van der Waals surface area contributed by atoms with E-state index in [2.05, 4.69) is 59.4 Å². The van der Waals surface area contributed by atoms with Crippen LogP contribution >= 0.6 is 0 Å². The van der Waals surface area contributed by atoms with Crippen LogP contribution in [0.25, 0.3) is 10.9 Å². The molecule has 0 saturated carbocycles. The van der Waals surface area contributed by atoms with E-state index < -0.39 is 0 Å². The van der Waals surface area contributed by atoms with Crippen LogP contribution in [0.5, 0.6) is 0 Å². The normalized spacial score (nSPS) is 29.1. The molecule has 2 aromatic rings. The molecule has 1 aromatic heterocycles. The highest BCUT2D eigenvalue weighted by molar-refractivity contribution is 5.82. The second kappa shape index (κ2) is 5.08. The number of para-hydroxylation sites is 1. The topological polar surface area (TPSA) is 28.2 Å². The van der Waals surface area contributed by atoms with Crippen molar-refractivity contribution in [3.63, 3.8) is 0 Å². The minimum Gasteiger partial charge on any atom is -0.316 e. The molecule has 0 bridgehead atoms. The van der Waals surface area contributed by atoms with Gasteiger partial charge in [-0.1, -0.05) is 18.2 Å². The van der Waals surface area contributed by atoms with E-state index in [1.54, 1.807) is 0 Å². The number of benzene rings is 1. The smallest absolute Gasteiger partial charge is 0.0708 e. The molecule has 1 N–H and O–H groups in total.